The molecule has 0 aliphatic rings. The lowest BCUT2D eigenvalue weighted by Crippen LogP contribution is -2.35. The van der Waals surface area contributed by atoms with Crippen LogP contribution < -0.4 is 11.5 Å². The number of hydrogen-bond acceptors (Lipinski definition) is 3. The molecular weight excluding hydrogens is 272 g/mol. The Kier molecular flexibility index (Phi) is 15.2. The van der Waals surface area contributed by atoms with Crippen molar-refractivity contribution in [1.82, 2.24) is 0 Å². The van der Waals surface area contributed by atoms with Crippen LogP contribution in [0.1, 0.15) is 97.3 Å². The van der Waals surface area contributed by atoms with Gasteiger partial charge in [-0.05, 0) is 32.2 Å². The van der Waals surface area contributed by atoms with Crippen molar-refractivity contribution in [2.75, 3.05) is 6.54 Å². The zero-order valence-corrected chi connectivity index (χ0v) is 15.1. The molecule has 0 saturated carbocycles. The second kappa shape index (κ2) is 15.5. The Morgan fingerprint density at radius 3 is 1.73 bits per heavy atom. The first-order valence-electron chi connectivity index (χ1n) is 9.66. The first kappa shape index (κ1) is 21.6. The fourth-order valence-electron chi connectivity index (χ4n) is 3.02. The lowest BCUT2D eigenvalue weighted by molar-refractivity contribution is -0.124. The van der Waals surface area contributed by atoms with E-state index < -0.39 is 0 Å². The Balaban J connectivity index is 4.23. The maximum atomic E-state index is 12.6. The van der Waals surface area contributed by atoms with Crippen LogP contribution in [0.3, 0.4) is 0 Å². The quantitative estimate of drug-likeness (QED) is 0.410. The summed E-state index contributed by atoms with van der Waals surface area (Å²) in [6.45, 7) is 5.14. The topological polar surface area (TPSA) is 69.1 Å². The van der Waals surface area contributed by atoms with Crippen LogP contribution in [-0.4, -0.2) is 18.4 Å². The summed E-state index contributed by atoms with van der Waals surface area (Å²) in [5.74, 6) is 0.506. The molecule has 0 saturated heterocycles. The summed E-state index contributed by atoms with van der Waals surface area (Å²) in [5.41, 5.74) is 11.6. The Labute approximate surface area is 138 Å². The Hall–Kier alpha value is -0.410. The number of unbranched alkanes of at least 4 members (excludes halogenated alkanes) is 7. The molecule has 0 amide bonds. The number of ketones is 1. The molecule has 1 atom stereocenters. The lowest BCUT2D eigenvalue weighted by Gasteiger charge is -2.20. The summed E-state index contributed by atoms with van der Waals surface area (Å²) >= 11 is 0. The van der Waals surface area contributed by atoms with Crippen molar-refractivity contribution >= 4 is 5.78 Å². The van der Waals surface area contributed by atoms with E-state index in [4.69, 9.17) is 11.5 Å². The van der Waals surface area contributed by atoms with Crippen molar-refractivity contribution < 1.29 is 4.79 Å². The maximum Gasteiger partial charge on any atom is 0.152 e. The molecule has 0 aromatic heterocycles. The van der Waals surface area contributed by atoms with E-state index in [2.05, 4.69) is 13.8 Å². The molecule has 0 aliphatic heterocycles. The molecule has 0 radical (unpaired) electrons. The van der Waals surface area contributed by atoms with Gasteiger partial charge in [-0.25, -0.2) is 0 Å². The van der Waals surface area contributed by atoms with Crippen molar-refractivity contribution in [3.8, 4) is 0 Å². The SMILES string of the molecule is CCCCCCC(CCCCCC)C(=O)[C@@H](N)CCCCN. The fraction of sp³-hybridized carbons (Fsp3) is 0.947. The van der Waals surface area contributed by atoms with Gasteiger partial charge in [0, 0.05) is 5.92 Å². The summed E-state index contributed by atoms with van der Waals surface area (Å²) < 4.78 is 0. The number of hydrogen-bond donors (Lipinski definition) is 2. The van der Waals surface area contributed by atoms with E-state index in [1.54, 1.807) is 0 Å². The minimum atomic E-state index is -0.270. The van der Waals surface area contributed by atoms with Crippen LogP contribution >= 0.6 is 0 Å². The molecule has 0 bridgehead atoms. The van der Waals surface area contributed by atoms with Gasteiger partial charge in [-0.15, -0.1) is 0 Å². The van der Waals surface area contributed by atoms with Crippen molar-refractivity contribution in [3.05, 3.63) is 0 Å². The summed E-state index contributed by atoms with van der Waals surface area (Å²) in [4.78, 5) is 12.6. The van der Waals surface area contributed by atoms with Crippen molar-refractivity contribution in [2.45, 2.75) is 103 Å². The zero-order valence-electron chi connectivity index (χ0n) is 15.1. The van der Waals surface area contributed by atoms with E-state index in [1.807, 2.05) is 0 Å². The summed E-state index contributed by atoms with van der Waals surface area (Å²) in [7, 11) is 0. The molecule has 3 heteroatoms. The molecule has 0 fully saturated rings. The highest BCUT2D eigenvalue weighted by Gasteiger charge is 2.23. The Morgan fingerprint density at radius 1 is 0.773 bits per heavy atom. The summed E-state index contributed by atoms with van der Waals surface area (Å²) in [6.07, 6.45) is 14.7. The summed E-state index contributed by atoms with van der Waals surface area (Å²) in [6, 6.07) is -0.270. The van der Waals surface area contributed by atoms with Crippen molar-refractivity contribution in [1.29, 1.82) is 0 Å². The third-order valence-corrected chi connectivity index (χ3v) is 4.55. The maximum absolute atomic E-state index is 12.6. The van der Waals surface area contributed by atoms with Gasteiger partial charge in [-0.2, -0.15) is 0 Å². The van der Waals surface area contributed by atoms with E-state index in [-0.39, 0.29) is 12.0 Å². The predicted octanol–water partition coefficient (Wildman–Crippen LogP) is 4.57. The Morgan fingerprint density at radius 2 is 1.27 bits per heavy atom. The predicted molar refractivity (Wildman–Crippen MR) is 96.9 cm³/mol. The van der Waals surface area contributed by atoms with Crippen LogP contribution in [0.15, 0.2) is 0 Å². The molecule has 0 rings (SSSR count). The molecule has 3 nitrogen and oxygen atoms in total. The van der Waals surface area contributed by atoms with E-state index in [1.165, 1.54) is 51.4 Å². The fourth-order valence-corrected chi connectivity index (χ4v) is 3.02. The first-order valence-corrected chi connectivity index (χ1v) is 9.66. The van der Waals surface area contributed by atoms with Crippen LogP contribution in [0.4, 0.5) is 0 Å². The largest absolute Gasteiger partial charge is 0.330 e. The van der Waals surface area contributed by atoms with Crippen LogP contribution in [-0.2, 0) is 4.79 Å². The van der Waals surface area contributed by atoms with Gasteiger partial charge in [0.05, 0.1) is 6.04 Å². The number of carbonyl (C=O) groups excluding carboxylic acids is 1. The minimum absolute atomic E-state index is 0.196. The van der Waals surface area contributed by atoms with E-state index in [0.29, 0.717) is 12.3 Å². The standard InChI is InChI=1S/C19H40N2O/c1-3-5-7-9-13-17(14-10-8-6-4-2)19(22)18(21)15-11-12-16-20/h17-18H,3-16,20-21H2,1-2H3/t18-/m0/s1. The van der Waals surface area contributed by atoms with Gasteiger partial charge in [0.25, 0.3) is 0 Å². The zero-order chi connectivity index (χ0) is 16.6. The van der Waals surface area contributed by atoms with Crippen LogP contribution in [0, 0.1) is 5.92 Å². The molecule has 0 heterocycles. The first-order chi connectivity index (χ1) is 10.7. The molecule has 0 aromatic carbocycles. The molecular formula is C19H40N2O. The molecule has 0 aromatic rings. The molecule has 22 heavy (non-hydrogen) atoms. The third-order valence-electron chi connectivity index (χ3n) is 4.55. The van der Waals surface area contributed by atoms with Crippen LogP contribution in [0.2, 0.25) is 0 Å². The average Bonchev–Trinajstić information content (AvgIpc) is 2.53. The highest BCUT2D eigenvalue weighted by atomic mass is 16.1. The lowest BCUT2D eigenvalue weighted by atomic mass is 9.86. The average molecular weight is 313 g/mol. The molecule has 0 spiro atoms. The van der Waals surface area contributed by atoms with Crippen molar-refractivity contribution in [3.63, 3.8) is 0 Å². The molecule has 0 aliphatic carbocycles. The Bertz CT molecular complexity index is 244. The molecule has 0 unspecified atom stereocenters. The van der Waals surface area contributed by atoms with E-state index in [0.717, 1.165) is 32.1 Å². The van der Waals surface area contributed by atoms with Gasteiger partial charge < -0.3 is 11.5 Å². The van der Waals surface area contributed by atoms with Gasteiger partial charge in [-0.3, -0.25) is 4.79 Å². The van der Waals surface area contributed by atoms with Crippen molar-refractivity contribution in [2.24, 2.45) is 17.4 Å². The van der Waals surface area contributed by atoms with E-state index in [9.17, 15) is 4.79 Å². The highest BCUT2D eigenvalue weighted by molar-refractivity contribution is 5.86. The number of carbonyl (C=O) groups is 1. The second-order valence-electron chi connectivity index (χ2n) is 6.69. The van der Waals surface area contributed by atoms with Gasteiger partial charge in [0.15, 0.2) is 5.78 Å². The molecule has 4 N–H and O–H groups in total. The smallest absolute Gasteiger partial charge is 0.152 e. The number of Topliss-reactive ketones (excluding diaryl/α,β-unsaturated/α-hetero) is 1. The number of nitrogens with two attached hydrogens (primary N) is 2. The van der Waals surface area contributed by atoms with Gasteiger partial charge in [0.1, 0.15) is 0 Å². The van der Waals surface area contributed by atoms with Crippen LogP contribution in [0.25, 0.3) is 0 Å². The van der Waals surface area contributed by atoms with Gasteiger partial charge in [0.2, 0.25) is 0 Å². The van der Waals surface area contributed by atoms with Gasteiger partial charge in [-0.1, -0.05) is 71.6 Å². The normalized spacial score (nSPS) is 12.8. The number of rotatable bonds is 16. The summed E-state index contributed by atoms with van der Waals surface area (Å²) in [5, 5.41) is 0. The third kappa shape index (κ3) is 11.2. The van der Waals surface area contributed by atoms with E-state index >= 15 is 0 Å². The minimum Gasteiger partial charge on any atom is -0.330 e. The highest BCUT2D eigenvalue weighted by Crippen LogP contribution is 2.21. The molecule has 132 valence electrons. The van der Waals surface area contributed by atoms with Gasteiger partial charge >= 0.3 is 0 Å². The van der Waals surface area contributed by atoms with Crippen LogP contribution in [0.5, 0.6) is 0 Å². The second-order valence-corrected chi connectivity index (χ2v) is 6.69. The monoisotopic (exact) mass is 312 g/mol.